The minimum atomic E-state index is -0.524. The summed E-state index contributed by atoms with van der Waals surface area (Å²) in [6.45, 7) is 3.69. The Morgan fingerprint density at radius 1 is 1.00 bits per heavy atom. The molecular weight excluding hydrogens is 352 g/mol. The number of nitrogens with one attached hydrogen (secondary N) is 1. The quantitative estimate of drug-likeness (QED) is 0.864. The van der Waals surface area contributed by atoms with Gasteiger partial charge in [-0.05, 0) is 49.5 Å². The van der Waals surface area contributed by atoms with Gasteiger partial charge in [0.15, 0.2) is 0 Å². The number of nitrogens with zero attached hydrogens (tertiary/aromatic N) is 2. The molecule has 0 atom stereocenters. The van der Waals surface area contributed by atoms with E-state index >= 15 is 0 Å². The van der Waals surface area contributed by atoms with Gasteiger partial charge in [-0.3, -0.25) is 9.59 Å². The molecule has 7 heteroatoms. The maximum absolute atomic E-state index is 12.6. The average Bonchev–Trinajstić information content (AvgIpc) is 2.63. The third kappa shape index (κ3) is 4.15. The lowest BCUT2D eigenvalue weighted by atomic mass is 10.1. The van der Waals surface area contributed by atoms with E-state index in [9.17, 15) is 9.59 Å². The maximum atomic E-state index is 12.6. The maximum Gasteiger partial charge on any atom is 0.255 e. The Kier molecular flexibility index (Phi) is 5.44. The van der Waals surface area contributed by atoms with E-state index in [-0.39, 0.29) is 5.91 Å². The number of carbonyl (C=O) groups excluding carboxylic acids is 2. The summed E-state index contributed by atoms with van der Waals surface area (Å²) in [5, 5.41) is 3.49. The first-order valence-electron chi connectivity index (χ1n) is 8.38. The highest BCUT2D eigenvalue weighted by atomic mass is 35.5. The molecule has 0 aliphatic carbocycles. The summed E-state index contributed by atoms with van der Waals surface area (Å²) < 4.78 is 0. The largest absolute Gasteiger partial charge is 0.367 e. The normalized spacial score (nSPS) is 14.9. The highest BCUT2D eigenvalue weighted by molar-refractivity contribution is 6.31. The molecule has 1 fully saturated rings. The number of anilines is 2. The first kappa shape index (κ1) is 18.2. The van der Waals surface area contributed by atoms with E-state index in [1.54, 1.807) is 18.2 Å². The van der Waals surface area contributed by atoms with E-state index in [2.05, 4.69) is 22.2 Å². The Morgan fingerprint density at radius 3 is 2.23 bits per heavy atom. The minimum Gasteiger partial charge on any atom is -0.367 e. The monoisotopic (exact) mass is 372 g/mol. The van der Waals surface area contributed by atoms with Gasteiger partial charge in [-0.15, -0.1) is 0 Å². The molecule has 0 spiro atoms. The predicted octanol–water partition coefficient (Wildman–Crippen LogP) is 2.44. The van der Waals surface area contributed by atoms with Crippen LogP contribution in [0.15, 0.2) is 42.5 Å². The summed E-state index contributed by atoms with van der Waals surface area (Å²) in [5.74, 6) is -0.789. The van der Waals surface area contributed by atoms with Crippen LogP contribution < -0.4 is 16.0 Å². The Hall–Kier alpha value is -2.57. The lowest BCUT2D eigenvalue weighted by molar-refractivity contribution is 0.0995. The summed E-state index contributed by atoms with van der Waals surface area (Å²) in [4.78, 5) is 28.3. The minimum absolute atomic E-state index is 0.265. The number of primary amides is 1. The molecule has 2 aromatic rings. The molecule has 3 rings (SSSR count). The molecule has 0 radical (unpaired) electrons. The Balaban J connectivity index is 1.81. The van der Waals surface area contributed by atoms with Gasteiger partial charge in [0.05, 0.1) is 11.4 Å². The fourth-order valence-corrected chi connectivity index (χ4v) is 3.08. The smallest absolute Gasteiger partial charge is 0.255 e. The number of benzene rings is 2. The molecule has 26 heavy (non-hydrogen) atoms. The van der Waals surface area contributed by atoms with Crippen molar-refractivity contribution in [2.45, 2.75) is 0 Å². The first-order chi connectivity index (χ1) is 12.4. The van der Waals surface area contributed by atoms with Crippen LogP contribution in [0.3, 0.4) is 0 Å². The van der Waals surface area contributed by atoms with Crippen molar-refractivity contribution in [2.75, 3.05) is 43.4 Å². The van der Waals surface area contributed by atoms with Gasteiger partial charge in [-0.1, -0.05) is 11.6 Å². The van der Waals surface area contributed by atoms with E-state index in [4.69, 9.17) is 17.3 Å². The lowest BCUT2D eigenvalue weighted by Crippen LogP contribution is -2.44. The van der Waals surface area contributed by atoms with E-state index < -0.39 is 5.91 Å². The number of hydrogen-bond donors (Lipinski definition) is 2. The van der Waals surface area contributed by atoms with E-state index in [1.807, 2.05) is 12.1 Å². The van der Waals surface area contributed by atoms with Crippen LogP contribution in [0.1, 0.15) is 20.7 Å². The van der Waals surface area contributed by atoms with Gasteiger partial charge < -0.3 is 20.9 Å². The van der Waals surface area contributed by atoms with E-state index in [0.29, 0.717) is 21.8 Å². The third-order valence-electron chi connectivity index (χ3n) is 4.48. The van der Waals surface area contributed by atoms with Crippen molar-refractivity contribution >= 4 is 34.8 Å². The van der Waals surface area contributed by atoms with Crippen LogP contribution in [-0.2, 0) is 0 Å². The zero-order chi connectivity index (χ0) is 18.7. The van der Waals surface area contributed by atoms with Gasteiger partial charge in [0, 0.05) is 42.3 Å². The molecular formula is C19H21ClN4O2. The second-order valence-electron chi connectivity index (χ2n) is 6.35. The number of rotatable bonds is 4. The molecule has 2 amide bonds. The van der Waals surface area contributed by atoms with Crippen LogP contribution in [0.25, 0.3) is 0 Å². The zero-order valence-electron chi connectivity index (χ0n) is 14.5. The summed E-state index contributed by atoms with van der Waals surface area (Å²) >= 11 is 6.13. The van der Waals surface area contributed by atoms with Crippen molar-refractivity contribution < 1.29 is 9.59 Å². The molecule has 1 aliphatic rings. The second kappa shape index (κ2) is 7.76. The average molecular weight is 373 g/mol. The predicted molar refractivity (Wildman–Crippen MR) is 104 cm³/mol. The van der Waals surface area contributed by atoms with Crippen LogP contribution in [0, 0.1) is 0 Å². The number of nitrogens with two attached hydrogens (primary N) is 1. The van der Waals surface area contributed by atoms with Gasteiger partial charge in [-0.2, -0.15) is 0 Å². The SMILES string of the molecule is CN1CCN(c2ccc(Cl)cc2NC(=O)c2ccc(C(N)=O)cc2)CC1. The fraction of sp³-hybridized carbons (Fsp3) is 0.263. The summed E-state index contributed by atoms with van der Waals surface area (Å²) in [6.07, 6.45) is 0. The number of halogens is 1. The third-order valence-corrected chi connectivity index (χ3v) is 4.72. The molecule has 1 heterocycles. The number of likely N-dealkylation sites (N-methyl/N-ethyl adjacent to an activating group) is 1. The Labute approximate surface area is 157 Å². The number of hydrogen-bond acceptors (Lipinski definition) is 4. The molecule has 1 saturated heterocycles. The Morgan fingerprint density at radius 2 is 1.62 bits per heavy atom. The number of amides is 2. The van der Waals surface area contributed by atoms with Crippen molar-refractivity contribution in [3.8, 4) is 0 Å². The van der Waals surface area contributed by atoms with E-state index in [1.165, 1.54) is 12.1 Å². The molecule has 6 nitrogen and oxygen atoms in total. The van der Waals surface area contributed by atoms with Gasteiger partial charge in [0.1, 0.15) is 0 Å². The van der Waals surface area contributed by atoms with Gasteiger partial charge >= 0.3 is 0 Å². The Bertz CT molecular complexity index is 815. The molecule has 0 bridgehead atoms. The topological polar surface area (TPSA) is 78.7 Å². The van der Waals surface area contributed by atoms with Crippen LogP contribution in [0.5, 0.6) is 0 Å². The van der Waals surface area contributed by atoms with E-state index in [0.717, 1.165) is 31.9 Å². The van der Waals surface area contributed by atoms with Crippen LogP contribution in [-0.4, -0.2) is 49.9 Å². The number of carbonyl (C=O) groups is 2. The van der Waals surface area contributed by atoms with Crippen LogP contribution in [0.2, 0.25) is 5.02 Å². The summed E-state index contributed by atoms with van der Waals surface area (Å²) in [6, 6.07) is 11.7. The van der Waals surface area contributed by atoms with Gasteiger partial charge in [-0.25, -0.2) is 0 Å². The summed E-state index contributed by atoms with van der Waals surface area (Å²) in [5.41, 5.74) is 7.66. The molecule has 0 aromatic heterocycles. The summed E-state index contributed by atoms with van der Waals surface area (Å²) in [7, 11) is 2.09. The van der Waals surface area contributed by atoms with Crippen LogP contribution >= 0.6 is 11.6 Å². The molecule has 0 saturated carbocycles. The van der Waals surface area contributed by atoms with Crippen molar-refractivity contribution in [2.24, 2.45) is 5.73 Å². The van der Waals surface area contributed by atoms with Gasteiger partial charge in [0.25, 0.3) is 5.91 Å². The molecule has 0 unspecified atom stereocenters. The molecule has 1 aliphatic heterocycles. The number of piperazine rings is 1. The van der Waals surface area contributed by atoms with Crippen molar-refractivity contribution in [1.82, 2.24) is 4.90 Å². The van der Waals surface area contributed by atoms with Gasteiger partial charge in [0.2, 0.25) is 5.91 Å². The fourth-order valence-electron chi connectivity index (χ4n) is 2.91. The molecule has 3 N–H and O–H groups in total. The first-order valence-corrected chi connectivity index (χ1v) is 8.76. The highest BCUT2D eigenvalue weighted by Gasteiger charge is 2.19. The van der Waals surface area contributed by atoms with Crippen molar-refractivity contribution in [3.63, 3.8) is 0 Å². The standard InChI is InChI=1S/C19H21ClN4O2/c1-23-8-10-24(11-9-23)17-7-6-15(20)12-16(17)22-19(26)14-4-2-13(3-5-14)18(21)25/h2-7,12H,8-11H2,1H3,(H2,21,25)(H,22,26). The molecule has 2 aromatic carbocycles. The zero-order valence-corrected chi connectivity index (χ0v) is 15.3. The lowest BCUT2D eigenvalue weighted by Gasteiger charge is -2.35. The van der Waals surface area contributed by atoms with Crippen molar-refractivity contribution in [3.05, 3.63) is 58.6 Å². The molecule has 136 valence electrons. The van der Waals surface area contributed by atoms with Crippen LogP contribution in [0.4, 0.5) is 11.4 Å². The second-order valence-corrected chi connectivity index (χ2v) is 6.78. The van der Waals surface area contributed by atoms with Crippen molar-refractivity contribution in [1.29, 1.82) is 0 Å². The highest BCUT2D eigenvalue weighted by Crippen LogP contribution is 2.30.